The summed E-state index contributed by atoms with van der Waals surface area (Å²) in [4.78, 5) is 25.8. The molecule has 0 saturated carbocycles. The Morgan fingerprint density at radius 3 is 2.45 bits per heavy atom. The van der Waals surface area contributed by atoms with Gasteiger partial charge in [0.05, 0.1) is 10.4 Å². The second-order valence-electron chi connectivity index (χ2n) is 9.37. The molecule has 0 unspecified atom stereocenters. The minimum Gasteiger partial charge on any atom is -0.352 e. The predicted molar refractivity (Wildman–Crippen MR) is 123 cm³/mol. The number of carbonyl (C=O) groups excluding carboxylic acids is 1. The standard InChI is InChI=1S/C23H33N3O4S/c1-15(2)8-9-24-23(28)20-14-25(5)21-7-6-18(11-19(21)22(20)27)31(29,30)26-12-16(3)10-17(4)13-26/h6-7,11,14-17H,8-10,12-13H2,1-5H3,(H,24,28)/t16-,17-/m1/s1. The van der Waals surface area contributed by atoms with E-state index in [-0.39, 0.29) is 27.7 Å². The first-order chi connectivity index (χ1) is 14.5. The second kappa shape index (κ2) is 9.12. The van der Waals surface area contributed by atoms with E-state index in [9.17, 15) is 18.0 Å². The summed E-state index contributed by atoms with van der Waals surface area (Å²) in [6.45, 7) is 9.66. The number of aryl methyl sites for hydroxylation is 1. The van der Waals surface area contributed by atoms with Gasteiger partial charge in [-0.15, -0.1) is 0 Å². The van der Waals surface area contributed by atoms with Gasteiger partial charge in [0.15, 0.2) is 0 Å². The molecule has 2 heterocycles. The molecule has 1 aromatic carbocycles. The molecule has 3 rings (SSSR count). The monoisotopic (exact) mass is 447 g/mol. The number of pyridine rings is 1. The zero-order valence-electron chi connectivity index (χ0n) is 19.0. The minimum atomic E-state index is -3.72. The predicted octanol–water partition coefficient (Wildman–Crippen LogP) is 2.98. The molecule has 0 aliphatic carbocycles. The highest BCUT2D eigenvalue weighted by atomic mass is 32.2. The van der Waals surface area contributed by atoms with Crippen molar-refractivity contribution in [3.63, 3.8) is 0 Å². The number of hydrogen-bond donors (Lipinski definition) is 1. The topological polar surface area (TPSA) is 88.5 Å². The highest BCUT2D eigenvalue weighted by Crippen LogP contribution is 2.27. The van der Waals surface area contributed by atoms with E-state index in [2.05, 4.69) is 33.0 Å². The van der Waals surface area contributed by atoms with Crippen LogP contribution in [0.1, 0.15) is 50.9 Å². The fourth-order valence-corrected chi connectivity index (χ4v) is 6.02. The number of benzene rings is 1. The number of carbonyl (C=O) groups is 1. The van der Waals surface area contributed by atoms with Gasteiger partial charge in [-0.2, -0.15) is 4.31 Å². The smallest absolute Gasteiger partial charge is 0.256 e. The first kappa shape index (κ1) is 23.5. The average molecular weight is 448 g/mol. The molecule has 170 valence electrons. The quantitative estimate of drug-likeness (QED) is 0.737. The fourth-order valence-electron chi connectivity index (χ4n) is 4.31. The van der Waals surface area contributed by atoms with E-state index in [1.807, 2.05) is 0 Å². The molecule has 1 aromatic heterocycles. The van der Waals surface area contributed by atoms with Crippen LogP contribution in [-0.4, -0.2) is 42.8 Å². The SMILES string of the molecule is CC(C)CCNC(=O)c1cn(C)c2ccc(S(=O)(=O)N3C[C@H](C)C[C@@H](C)C3)cc2c1=O. The summed E-state index contributed by atoms with van der Waals surface area (Å²) in [5, 5.41) is 3.02. The lowest BCUT2D eigenvalue weighted by atomic mass is 9.94. The maximum absolute atomic E-state index is 13.3. The molecular formula is C23H33N3O4S. The van der Waals surface area contributed by atoms with Crippen LogP contribution in [-0.2, 0) is 17.1 Å². The number of nitrogens with one attached hydrogen (secondary N) is 1. The first-order valence-corrected chi connectivity index (χ1v) is 12.4. The Kier molecular flexibility index (Phi) is 6.91. The molecule has 1 N–H and O–H groups in total. The van der Waals surface area contributed by atoms with Crippen LogP contribution in [0.25, 0.3) is 10.9 Å². The number of nitrogens with zero attached hydrogens (tertiary/aromatic N) is 2. The van der Waals surface area contributed by atoms with Crippen molar-refractivity contribution in [1.82, 2.24) is 14.2 Å². The van der Waals surface area contributed by atoms with Gasteiger partial charge in [0.25, 0.3) is 5.91 Å². The molecule has 1 fully saturated rings. The van der Waals surface area contributed by atoms with Crippen LogP contribution in [0.3, 0.4) is 0 Å². The highest BCUT2D eigenvalue weighted by molar-refractivity contribution is 7.89. The number of sulfonamides is 1. The Labute approximate surface area is 184 Å². The Morgan fingerprint density at radius 2 is 1.84 bits per heavy atom. The van der Waals surface area contributed by atoms with E-state index >= 15 is 0 Å². The molecule has 1 aliphatic rings. The molecule has 31 heavy (non-hydrogen) atoms. The van der Waals surface area contributed by atoms with Crippen LogP contribution in [0.5, 0.6) is 0 Å². The number of rotatable bonds is 6. The van der Waals surface area contributed by atoms with E-state index in [4.69, 9.17) is 0 Å². The molecule has 0 spiro atoms. The largest absolute Gasteiger partial charge is 0.352 e. The van der Waals surface area contributed by atoms with Crippen LogP contribution in [0.2, 0.25) is 0 Å². The molecule has 2 atom stereocenters. The summed E-state index contributed by atoms with van der Waals surface area (Å²) in [5.41, 5.74) is 0.157. The fraction of sp³-hybridized carbons (Fsp3) is 0.565. The van der Waals surface area contributed by atoms with E-state index in [0.717, 1.165) is 12.8 Å². The van der Waals surface area contributed by atoms with Crippen molar-refractivity contribution < 1.29 is 13.2 Å². The van der Waals surface area contributed by atoms with Crippen molar-refractivity contribution in [3.05, 3.63) is 40.2 Å². The summed E-state index contributed by atoms with van der Waals surface area (Å²) >= 11 is 0. The minimum absolute atomic E-state index is 0.0218. The average Bonchev–Trinajstić information content (AvgIpc) is 2.69. The third-order valence-corrected chi connectivity index (χ3v) is 7.71. The van der Waals surface area contributed by atoms with Gasteiger partial charge in [-0.05, 0) is 48.8 Å². The van der Waals surface area contributed by atoms with Crippen LogP contribution in [0, 0.1) is 17.8 Å². The molecule has 8 heteroatoms. The summed E-state index contributed by atoms with van der Waals surface area (Å²) < 4.78 is 29.8. The van der Waals surface area contributed by atoms with Gasteiger partial charge in [0, 0.05) is 38.3 Å². The molecule has 1 amide bonds. The number of hydrogen-bond acceptors (Lipinski definition) is 4. The molecule has 0 radical (unpaired) electrons. The molecule has 1 aliphatic heterocycles. The third-order valence-electron chi connectivity index (χ3n) is 5.89. The van der Waals surface area contributed by atoms with Gasteiger partial charge in [0.1, 0.15) is 5.56 Å². The molecule has 1 saturated heterocycles. The number of aromatic nitrogens is 1. The van der Waals surface area contributed by atoms with E-state index in [1.54, 1.807) is 23.7 Å². The maximum atomic E-state index is 13.3. The van der Waals surface area contributed by atoms with Crippen molar-refractivity contribution in [1.29, 1.82) is 0 Å². The number of amides is 1. The highest BCUT2D eigenvalue weighted by Gasteiger charge is 2.32. The summed E-state index contributed by atoms with van der Waals surface area (Å²) in [6, 6.07) is 4.60. The van der Waals surface area contributed by atoms with Crippen molar-refractivity contribution in [2.75, 3.05) is 19.6 Å². The van der Waals surface area contributed by atoms with Crippen LogP contribution in [0.15, 0.2) is 34.1 Å². The molecule has 2 aromatic rings. The summed E-state index contributed by atoms with van der Waals surface area (Å²) in [5.74, 6) is 0.573. The van der Waals surface area contributed by atoms with Gasteiger partial charge in [0.2, 0.25) is 15.5 Å². The van der Waals surface area contributed by atoms with Gasteiger partial charge in [-0.25, -0.2) is 8.42 Å². The van der Waals surface area contributed by atoms with Crippen molar-refractivity contribution >= 4 is 26.8 Å². The number of piperidine rings is 1. The molecule has 0 bridgehead atoms. The van der Waals surface area contributed by atoms with E-state index < -0.39 is 21.4 Å². The zero-order valence-corrected chi connectivity index (χ0v) is 19.8. The van der Waals surface area contributed by atoms with Crippen molar-refractivity contribution in [3.8, 4) is 0 Å². The molecular weight excluding hydrogens is 414 g/mol. The van der Waals surface area contributed by atoms with Gasteiger partial charge in [-0.3, -0.25) is 9.59 Å². The van der Waals surface area contributed by atoms with Crippen molar-refractivity contribution in [2.24, 2.45) is 24.8 Å². The Balaban J connectivity index is 2.00. The Morgan fingerprint density at radius 1 is 1.19 bits per heavy atom. The first-order valence-electron chi connectivity index (χ1n) is 10.9. The molecule has 7 nitrogen and oxygen atoms in total. The lowest BCUT2D eigenvalue weighted by molar-refractivity contribution is 0.0950. The second-order valence-corrected chi connectivity index (χ2v) is 11.3. The zero-order chi connectivity index (χ0) is 22.9. The maximum Gasteiger partial charge on any atom is 0.256 e. The lowest BCUT2D eigenvalue weighted by Gasteiger charge is -2.34. The Bertz CT molecular complexity index is 1130. The van der Waals surface area contributed by atoms with E-state index in [0.29, 0.717) is 31.1 Å². The summed E-state index contributed by atoms with van der Waals surface area (Å²) in [7, 11) is -1.98. The number of fused-ring (bicyclic) bond motifs is 1. The summed E-state index contributed by atoms with van der Waals surface area (Å²) in [6.07, 6.45) is 3.33. The van der Waals surface area contributed by atoms with E-state index in [1.165, 1.54) is 16.6 Å². The lowest BCUT2D eigenvalue weighted by Crippen LogP contribution is -2.42. The van der Waals surface area contributed by atoms with Crippen molar-refractivity contribution in [2.45, 2.75) is 45.4 Å². The van der Waals surface area contributed by atoms with Crippen LogP contribution >= 0.6 is 0 Å². The van der Waals surface area contributed by atoms with Crippen LogP contribution in [0.4, 0.5) is 0 Å². The third kappa shape index (κ3) is 5.01. The normalized spacial score (nSPS) is 20.3. The Hall–Kier alpha value is -2.19. The van der Waals surface area contributed by atoms with Gasteiger partial charge < -0.3 is 9.88 Å². The van der Waals surface area contributed by atoms with Gasteiger partial charge in [-0.1, -0.05) is 27.7 Å². The van der Waals surface area contributed by atoms with Gasteiger partial charge >= 0.3 is 0 Å². The van der Waals surface area contributed by atoms with Crippen LogP contribution < -0.4 is 10.7 Å².